The predicted octanol–water partition coefficient (Wildman–Crippen LogP) is 6.94. The van der Waals surface area contributed by atoms with E-state index in [0.717, 1.165) is 11.1 Å². The number of ether oxygens (including phenoxy) is 3. The van der Waals surface area contributed by atoms with Crippen molar-refractivity contribution in [2.75, 3.05) is 66.9 Å². The van der Waals surface area contributed by atoms with Crippen molar-refractivity contribution in [3.05, 3.63) is 138 Å². The number of amides is 8. The zero-order chi connectivity index (χ0) is 65.2. The van der Waals surface area contributed by atoms with Crippen LogP contribution in [0, 0.1) is 11.3 Å². The number of carbonyl (C=O) groups excluding carboxylic acids is 10. The van der Waals surface area contributed by atoms with E-state index in [1.165, 1.54) is 71.8 Å². The number of esters is 1. The summed E-state index contributed by atoms with van der Waals surface area (Å²) in [6, 6.07) is 24.1. The van der Waals surface area contributed by atoms with Gasteiger partial charge in [-0.1, -0.05) is 98.8 Å². The number of hydrogen-bond donors (Lipinski definition) is 3. The lowest BCUT2D eigenvalue weighted by molar-refractivity contribution is -0.157. The number of cyclic esters (lactones) is 1. The number of anilines is 1. The highest BCUT2D eigenvalue weighted by Crippen LogP contribution is 2.32. The molecule has 7 rings (SSSR count). The highest BCUT2D eigenvalue weighted by Gasteiger charge is 2.45. The first-order valence-corrected chi connectivity index (χ1v) is 31.1. The lowest BCUT2D eigenvalue weighted by atomic mass is 9.87. The maximum atomic E-state index is 15.2. The largest absolute Gasteiger partial charge is 0.493 e. The van der Waals surface area contributed by atoms with Crippen LogP contribution in [-0.2, 0) is 65.5 Å². The normalized spacial score (nSPS) is 23.0. The minimum absolute atomic E-state index is 0.0237. The third-order valence-corrected chi connectivity index (χ3v) is 17.0. The van der Waals surface area contributed by atoms with Gasteiger partial charge in [-0.15, -0.1) is 0 Å². The second-order valence-electron chi connectivity index (χ2n) is 24.6. The highest BCUT2D eigenvalue weighted by molar-refractivity contribution is 6.38. The number of Topliss-reactive ketones (excluding diaryl/α,β-unsaturated/α-hetero) is 1. The van der Waals surface area contributed by atoms with Gasteiger partial charge in [-0.3, -0.25) is 43.2 Å². The summed E-state index contributed by atoms with van der Waals surface area (Å²) in [6.45, 7) is 6.92. The zero-order valence-electron chi connectivity index (χ0n) is 53.4. The molecular weight excluding hydrogens is 1150 g/mol. The Kier molecular flexibility index (Phi) is 24.4. The molecule has 90 heavy (non-hydrogen) atoms. The van der Waals surface area contributed by atoms with Crippen molar-refractivity contribution < 1.29 is 62.2 Å². The summed E-state index contributed by atoms with van der Waals surface area (Å²) in [6.07, 6.45) is 5.68. The Morgan fingerprint density at radius 1 is 0.622 bits per heavy atom. The molecule has 482 valence electrons. The van der Waals surface area contributed by atoms with Gasteiger partial charge in [0.25, 0.3) is 5.91 Å². The number of ketones is 1. The Bertz CT molecular complexity index is 3240. The number of benzene rings is 4. The SMILES string of the molecule is COc1ccc(CC[C@H]2NC(=O)[C@@H]3CCCCN3C(=O)C(=O)C(C)(C)COC(=O)C=CCCN(C)C(=O)[C@H](CC(C)C)N(C)C(=O)[C@H]3CCCN3C(=O)[C@H](Cc3ccccc3)N(C)C(=O)C(c3ccccc3)NC(=O)CCC(=O)Nc3cccc2c3)cc1OC. The molecule has 3 heterocycles. The quantitative estimate of drug-likeness (QED) is 0.108. The summed E-state index contributed by atoms with van der Waals surface area (Å²) in [5.74, 6) is -5.00. The first-order valence-electron chi connectivity index (χ1n) is 31.1. The van der Waals surface area contributed by atoms with Crippen LogP contribution in [0.1, 0.15) is 126 Å². The molecule has 8 amide bonds. The molecule has 0 aliphatic carbocycles. The summed E-state index contributed by atoms with van der Waals surface area (Å²) >= 11 is 0. The van der Waals surface area contributed by atoms with Crippen molar-refractivity contribution in [1.29, 1.82) is 0 Å². The van der Waals surface area contributed by atoms with Crippen molar-refractivity contribution >= 4 is 64.7 Å². The van der Waals surface area contributed by atoms with E-state index in [1.807, 2.05) is 56.3 Å². The fraction of sp³-hybridized carbons (Fsp3) is 0.478. The van der Waals surface area contributed by atoms with E-state index < -0.39 is 101 Å². The molecule has 3 N–H and O–H groups in total. The van der Waals surface area contributed by atoms with Crippen LogP contribution in [0.15, 0.2) is 115 Å². The Hall–Kier alpha value is -8.88. The van der Waals surface area contributed by atoms with Gasteiger partial charge >= 0.3 is 5.97 Å². The van der Waals surface area contributed by atoms with E-state index in [0.29, 0.717) is 73.3 Å². The minimum Gasteiger partial charge on any atom is -0.493 e. The van der Waals surface area contributed by atoms with Crippen molar-refractivity contribution in [2.45, 2.75) is 141 Å². The molecule has 6 atom stereocenters. The van der Waals surface area contributed by atoms with Gasteiger partial charge in [0.15, 0.2) is 11.5 Å². The highest BCUT2D eigenvalue weighted by atomic mass is 16.5. The Balaban J connectivity index is 1.20. The number of likely N-dealkylation sites (N-methyl/N-ethyl adjacent to an activating group) is 3. The topological polar surface area (TPSA) is 251 Å². The Labute approximate surface area is 528 Å². The van der Waals surface area contributed by atoms with Gasteiger partial charge in [0.05, 0.1) is 25.7 Å². The van der Waals surface area contributed by atoms with Gasteiger partial charge in [0.2, 0.25) is 47.1 Å². The zero-order valence-corrected chi connectivity index (χ0v) is 53.4. The van der Waals surface area contributed by atoms with Crippen LogP contribution in [-0.4, -0.2) is 169 Å². The van der Waals surface area contributed by atoms with Crippen molar-refractivity contribution in [3.8, 4) is 11.5 Å². The second kappa shape index (κ2) is 32.0. The van der Waals surface area contributed by atoms with Crippen molar-refractivity contribution in [2.24, 2.45) is 11.3 Å². The van der Waals surface area contributed by atoms with E-state index in [4.69, 9.17) is 14.2 Å². The molecule has 0 aromatic heterocycles. The van der Waals surface area contributed by atoms with Crippen molar-refractivity contribution in [3.63, 3.8) is 0 Å². The second-order valence-corrected chi connectivity index (χ2v) is 24.6. The van der Waals surface area contributed by atoms with E-state index >= 15 is 9.59 Å². The van der Waals surface area contributed by atoms with Crippen LogP contribution in [0.25, 0.3) is 0 Å². The monoisotopic (exact) mass is 1240 g/mol. The molecule has 3 aliphatic rings. The predicted molar refractivity (Wildman–Crippen MR) is 338 cm³/mol. The summed E-state index contributed by atoms with van der Waals surface area (Å²) in [5.41, 5.74) is 1.52. The fourth-order valence-corrected chi connectivity index (χ4v) is 11.8. The average molecular weight is 1240 g/mol. The Morgan fingerprint density at radius 2 is 1.28 bits per heavy atom. The van der Waals surface area contributed by atoms with Gasteiger partial charge < -0.3 is 54.7 Å². The summed E-state index contributed by atoms with van der Waals surface area (Å²) < 4.78 is 16.6. The molecule has 4 aromatic carbocycles. The van der Waals surface area contributed by atoms with E-state index in [2.05, 4.69) is 16.0 Å². The summed E-state index contributed by atoms with van der Waals surface area (Å²) in [7, 11) is 7.73. The maximum absolute atomic E-state index is 15.2. The first-order chi connectivity index (χ1) is 43.0. The first kappa shape index (κ1) is 68.6. The minimum atomic E-state index is -1.49. The average Bonchev–Trinajstić information content (AvgIpc) is 1.52. The molecule has 3 aliphatic heterocycles. The third-order valence-electron chi connectivity index (χ3n) is 17.0. The molecule has 21 nitrogen and oxygen atoms in total. The molecule has 4 aromatic rings. The number of hydrogen-bond acceptors (Lipinski definition) is 13. The number of carbonyl (C=O) groups is 10. The molecule has 2 bridgehead atoms. The van der Waals surface area contributed by atoms with Crippen LogP contribution in [0.3, 0.4) is 0 Å². The van der Waals surface area contributed by atoms with Crippen LogP contribution < -0.4 is 25.4 Å². The lowest BCUT2D eigenvalue weighted by Gasteiger charge is -2.37. The molecule has 0 saturated carbocycles. The fourth-order valence-electron chi connectivity index (χ4n) is 11.8. The van der Waals surface area contributed by atoms with Crippen LogP contribution >= 0.6 is 0 Å². The van der Waals surface area contributed by atoms with Gasteiger partial charge in [0, 0.05) is 71.8 Å². The number of aryl methyl sites for hydroxylation is 1. The molecule has 2 saturated heterocycles. The van der Waals surface area contributed by atoms with E-state index in [1.54, 1.807) is 74.8 Å². The number of nitrogens with zero attached hydrogens (tertiary/aromatic N) is 5. The maximum Gasteiger partial charge on any atom is 0.330 e. The number of fused-ring (bicyclic) bond motifs is 4. The number of rotatable bonds is 10. The lowest BCUT2D eigenvalue weighted by Crippen LogP contribution is -2.58. The molecular formula is C69H88N8O13. The van der Waals surface area contributed by atoms with Gasteiger partial charge in [-0.25, -0.2) is 4.79 Å². The van der Waals surface area contributed by atoms with Crippen LogP contribution in [0.5, 0.6) is 11.5 Å². The van der Waals surface area contributed by atoms with E-state index in [9.17, 15) is 38.4 Å². The standard InChI is InChI=1S/C69H88N8O13/c1-45(2)40-54-64(83)73(5)37-18-17-30-60(80)90-44-69(3,4)62(81)68(87)76-38-19-16-28-52(76)63(82)71-51(33-31-47-32-34-56(88-8)57(42-47)89-9)49-26-20-27-50(43-49)70-58(78)35-36-59(79)72-61(48-24-14-11-15-25-48)67(86)75(7)55(41-46-22-12-10-13-23-46)66(85)77-39-21-29-53(77)65(84)74(54)6/h10-15,17,20,22-27,30,32,34,42-43,45,51-55,61H,16,18-19,21,28-29,31,33,35-41,44H2,1-9H3,(H,70,78)(H,71,82)(H,72,79)/t51-,52+,53-,54+,55+,61?/m1/s1. The van der Waals surface area contributed by atoms with Crippen molar-refractivity contribution in [1.82, 2.24) is 35.1 Å². The molecule has 1 unspecified atom stereocenters. The van der Waals surface area contributed by atoms with Gasteiger partial charge in [0.1, 0.15) is 36.8 Å². The molecule has 0 radical (unpaired) electrons. The molecule has 2 fully saturated rings. The summed E-state index contributed by atoms with van der Waals surface area (Å²) in [5, 5.41) is 8.90. The van der Waals surface area contributed by atoms with Gasteiger partial charge in [-0.2, -0.15) is 0 Å². The van der Waals surface area contributed by atoms with Gasteiger partial charge in [-0.05, 0) is 124 Å². The summed E-state index contributed by atoms with van der Waals surface area (Å²) in [4.78, 5) is 150. The molecule has 21 heteroatoms. The Morgan fingerprint density at radius 3 is 1.98 bits per heavy atom. The number of nitrogens with one attached hydrogen (secondary N) is 3. The third kappa shape index (κ3) is 17.9. The van der Waals surface area contributed by atoms with Crippen LogP contribution in [0.2, 0.25) is 0 Å². The van der Waals surface area contributed by atoms with E-state index in [-0.39, 0.29) is 63.6 Å². The number of piperidine rings is 1. The molecule has 0 spiro atoms. The number of methoxy groups -OCH3 is 2. The smallest absolute Gasteiger partial charge is 0.330 e. The van der Waals surface area contributed by atoms with Crippen LogP contribution in [0.4, 0.5) is 5.69 Å².